The molecule has 8 heteroatoms. The Kier molecular flexibility index (Phi) is 7.29. The van der Waals surface area contributed by atoms with Crippen LogP contribution in [0.2, 0.25) is 0 Å². The van der Waals surface area contributed by atoms with Crippen molar-refractivity contribution in [3.8, 4) is 0 Å². The smallest absolute Gasteiger partial charge is 0.407 e. The lowest BCUT2D eigenvalue weighted by atomic mass is 10.2. The van der Waals surface area contributed by atoms with Gasteiger partial charge in [-0.15, -0.1) is 0 Å². The van der Waals surface area contributed by atoms with Crippen LogP contribution in [0.5, 0.6) is 0 Å². The molecule has 1 atom stereocenters. The van der Waals surface area contributed by atoms with E-state index >= 15 is 0 Å². The molecule has 0 heterocycles. The van der Waals surface area contributed by atoms with Gasteiger partial charge >= 0.3 is 6.09 Å². The maximum absolute atomic E-state index is 11.4. The first-order valence-electron chi connectivity index (χ1n) is 6.80. The summed E-state index contributed by atoms with van der Waals surface area (Å²) in [4.78, 5) is 21.4. The number of alkyl carbamates (subject to hydrolysis) is 1. The average Bonchev–Trinajstić information content (AvgIpc) is 2.74. The van der Waals surface area contributed by atoms with Gasteiger partial charge in [0.15, 0.2) is 0 Å². The third-order valence-electron chi connectivity index (χ3n) is 2.61. The van der Waals surface area contributed by atoms with E-state index in [4.69, 9.17) is 21.1 Å². The van der Waals surface area contributed by atoms with E-state index in [1.54, 1.807) is 20.8 Å². The first-order valence-corrected chi connectivity index (χ1v) is 11.0. The topological polar surface area (TPSA) is 67.8 Å². The van der Waals surface area contributed by atoms with Crippen LogP contribution in [0.15, 0.2) is 0 Å². The van der Waals surface area contributed by atoms with Crippen molar-refractivity contribution in [2.75, 3.05) is 13.2 Å². The third-order valence-corrected chi connectivity index (χ3v) is 7.25. The summed E-state index contributed by atoms with van der Waals surface area (Å²) in [6, 6.07) is 0. The van der Waals surface area contributed by atoms with Crippen LogP contribution >= 0.6 is 17.1 Å². The molecule has 1 amide bonds. The van der Waals surface area contributed by atoms with E-state index in [1.165, 1.54) is 24.2 Å². The Hall–Kier alpha value is 0.190. The molecule has 1 fully saturated rings. The highest BCUT2D eigenvalue weighted by atomic mass is 32.9. The van der Waals surface area contributed by atoms with E-state index in [9.17, 15) is 9.69 Å². The van der Waals surface area contributed by atoms with Crippen molar-refractivity contribution in [2.24, 2.45) is 0 Å². The molecule has 0 bridgehead atoms. The minimum absolute atomic E-state index is 0.201. The van der Waals surface area contributed by atoms with Crippen LogP contribution in [0, 0.1) is 0 Å². The SMILES string of the molecule is CC(C)(C)OC(=O)NCCOP(O)(=S)SC1CCCC1. The normalized spacial score (nSPS) is 19.6. The molecule has 1 aliphatic rings. The molecule has 5 nitrogen and oxygen atoms in total. The number of carbonyl (C=O) groups excluding carboxylic acids is 1. The zero-order chi connectivity index (χ0) is 15.2. The number of hydrogen-bond donors (Lipinski definition) is 2. The maximum atomic E-state index is 11.4. The van der Waals surface area contributed by atoms with Gasteiger partial charge in [0.05, 0.1) is 6.61 Å². The van der Waals surface area contributed by atoms with Gasteiger partial charge < -0.3 is 19.5 Å². The van der Waals surface area contributed by atoms with Gasteiger partial charge in [0.1, 0.15) is 5.60 Å². The van der Waals surface area contributed by atoms with Crippen LogP contribution in [0.25, 0.3) is 0 Å². The molecule has 0 spiro atoms. The predicted molar refractivity (Wildman–Crippen MR) is 86.5 cm³/mol. The highest BCUT2D eigenvalue weighted by Gasteiger charge is 2.24. The summed E-state index contributed by atoms with van der Waals surface area (Å²) in [5.41, 5.74) is -3.30. The van der Waals surface area contributed by atoms with Crippen LogP contribution in [0.4, 0.5) is 4.79 Å². The first kappa shape index (κ1) is 18.2. The summed E-state index contributed by atoms with van der Waals surface area (Å²) in [7, 11) is 0. The van der Waals surface area contributed by atoms with Gasteiger partial charge in [-0.3, -0.25) is 0 Å². The number of amides is 1. The second-order valence-corrected chi connectivity index (χ2v) is 12.1. The Bertz CT molecular complexity index is 367. The molecular weight excluding hydrogens is 317 g/mol. The second kappa shape index (κ2) is 7.99. The summed E-state index contributed by atoms with van der Waals surface area (Å²) in [6.45, 7) is 5.88. The molecule has 0 aromatic rings. The van der Waals surface area contributed by atoms with Gasteiger partial charge in [0, 0.05) is 11.8 Å². The molecule has 1 unspecified atom stereocenters. The lowest BCUT2D eigenvalue weighted by Crippen LogP contribution is -2.34. The Balaban J connectivity index is 2.16. The van der Waals surface area contributed by atoms with Crippen LogP contribution in [-0.4, -0.2) is 35.0 Å². The Morgan fingerprint density at radius 1 is 1.45 bits per heavy atom. The van der Waals surface area contributed by atoms with E-state index < -0.39 is 17.4 Å². The maximum Gasteiger partial charge on any atom is 0.407 e. The number of ether oxygens (including phenoxy) is 1. The minimum atomic E-state index is -2.78. The molecule has 0 saturated heterocycles. The van der Waals surface area contributed by atoms with E-state index in [1.807, 2.05) is 0 Å². The molecule has 1 rings (SSSR count). The molecule has 1 aliphatic carbocycles. The van der Waals surface area contributed by atoms with Gasteiger partial charge in [-0.05, 0) is 45.4 Å². The van der Waals surface area contributed by atoms with Gasteiger partial charge in [-0.2, -0.15) is 0 Å². The summed E-state index contributed by atoms with van der Waals surface area (Å²) in [5, 5.41) is 2.99. The fraction of sp³-hybridized carbons (Fsp3) is 0.917. The zero-order valence-electron chi connectivity index (χ0n) is 12.3. The summed E-state index contributed by atoms with van der Waals surface area (Å²) < 4.78 is 10.4. The molecular formula is C12H24NO4PS2. The number of nitrogens with one attached hydrogen (secondary N) is 1. The Morgan fingerprint density at radius 3 is 2.60 bits per heavy atom. The van der Waals surface area contributed by atoms with Gasteiger partial charge in [0.2, 0.25) is 5.69 Å². The van der Waals surface area contributed by atoms with Crippen molar-refractivity contribution in [1.82, 2.24) is 5.32 Å². The summed E-state index contributed by atoms with van der Waals surface area (Å²) >= 11 is 6.50. The molecule has 20 heavy (non-hydrogen) atoms. The van der Waals surface area contributed by atoms with Gasteiger partial charge in [-0.1, -0.05) is 24.2 Å². The second-order valence-electron chi connectivity index (χ2n) is 5.74. The molecule has 0 aliphatic heterocycles. The van der Waals surface area contributed by atoms with Crippen LogP contribution < -0.4 is 5.32 Å². The van der Waals surface area contributed by atoms with Gasteiger partial charge in [0.25, 0.3) is 0 Å². The van der Waals surface area contributed by atoms with E-state index in [0.29, 0.717) is 5.25 Å². The standard InChI is InChI=1S/C12H24NO4PS2/c1-12(2,3)17-11(14)13-8-9-16-18(15,19)20-10-6-4-5-7-10/h10H,4-9H2,1-3H3,(H,13,14)(H,15,19). The molecule has 0 aromatic heterocycles. The number of carbonyl (C=O) groups is 1. The largest absolute Gasteiger partial charge is 0.444 e. The van der Waals surface area contributed by atoms with Crippen molar-refractivity contribution in [1.29, 1.82) is 0 Å². The van der Waals surface area contributed by atoms with Crippen molar-refractivity contribution >= 4 is 35.0 Å². The predicted octanol–water partition coefficient (Wildman–Crippen LogP) is 3.42. The zero-order valence-corrected chi connectivity index (χ0v) is 14.8. The molecule has 1 saturated carbocycles. The Morgan fingerprint density at radius 2 is 2.05 bits per heavy atom. The van der Waals surface area contributed by atoms with Crippen LogP contribution in [0.1, 0.15) is 46.5 Å². The monoisotopic (exact) mass is 341 g/mol. The molecule has 118 valence electrons. The average molecular weight is 341 g/mol. The van der Waals surface area contributed by atoms with Crippen LogP contribution in [-0.2, 0) is 21.1 Å². The van der Waals surface area contributed by atoms with Crippen molar-refractivity contribution in [3.05, 3.63) is 0 Å². The van der Waals surface area contributed by atoms with Crippen LogP contribution in [0.3, 0.4) is 0 Å². The lowest BCUT2D eigenvalue weighted by Gasteiger charge is -2.21. The first-order chi connectivity index (χ1) is 9.18. The van der Waals surface area contributed by atoms with Crippen molar-refractivity contribution in [2.45, 2.75) is 57.3 Å². The van der Waals surface area contributed by atoms with E-state index in [2.05, 4.69) is 5.32 Å². The molecule has 0 aromatic carbocycles. The highest BCUT2D eigenvalue weighted by molar-refractivity contribution is 8.67. The van der Waals surface area contributed by atoms with E-state index in [-0.39, 0.29) is 13.2 Å². The number of hydrogen-bond acceptors (Lipinski definition) is 5. The number of rotatable bonds is 6. The molecule has 0 radical (unpaired) electrons. The van der Waals surface area contributed by atoms with Crippen molar-refractivity contribution in [3.63, 3.8) is 0 Å². The van der Waals surface area contributed by atoms with Gasteiger partial charge in [-0.25, -0.2) is 4.79 Å². The minimum Gasteiger partial charge on any atom is -0.444 e. The third kappa shape index (κ3) is 8.47. The fourth-order valence-corrected chi connectivity index (χ4v) is 6.63. The lowest BCUT2D eigenvalue weighted by molar-refractivity contribution is 0.0520. The fourth-order valence-electron chi connectivity index (χ4n) is 1.84. The van der Waals surface area contributed by atoms with Crippen molar-refractivity contribution < 1.29 is 18.9 Å². The quantitative estimate of drug-likeness (QED) is 0.570. The summed E-state index contributed by atoms with van der Waals surface area (Å²) in [5.74, 6) is 0. The Labute approximate surface area is 130 Å². The molecule has 2 N–H and O–H groups in total. The van der Waals surface area contributed by atoms with E-state index in [0.717, 1.165) is 12.8 Å². The highest BCUT2D eigenvalue weighted by Crippen LogP contribution is 2.60. The summed E-state index contributed by atoms with van der Waals surface area (Å²) in [6.07, 6.45) is 4.11.